The van der Waals surface area contributed by atoms with Crippen molar-refractivity contribution in [3.05, 3.63) is 35.9 Å². The lowest BCUT2D eigenvalue weighted by Gasteiger charge is -2.34. The van der Waals surface area contributed by atoms with Crippen LogP contribution in [0.4, 0.5) is 5.13 Å². The van der Waals surface area contributed by atoms with E-state index >= 15 is 0 Å². The van der Waals surface area contributed by atoms with E-state index in [2.05, 4.69) is 4.90 Å². The van der Waals surface area contributed by atoms with Crippen LogP contribution in [0.5, 0.6) is 23.0 Å². The predicted octanol–water partition coefficient (Wildman–Crippen LogP) is 3.68. The summed E-state index contributed by atoms with van der Waals surface area (Å²) in [5.41, 5.74) is 1.47. The van der Waals surface area contributed by atoms with Crippen LogP contribution < -0.4 is 23.8 Å². The van der Waals surface area contributed by atoms with Crippen molar-refractivity contribution < 1.29 is 23.7 Å². The van der Waals surface area contributed by atoms with E-state index in [-0.39, 0.29) is 5.91 Å². The summed E-state index contributed by atoms with van der Waals surface area (Å²) in [6.07, 6.45) is 0. The van der Waals surface area contributed by atoms with Crippen LogP contribution in [0.15, 0.2) is 30.3 Å². The van der Waals surface area contributed by atoms with E-state index in [4.69, 9.17) is 23.9 Å². The van der Waals surface area contributed by atoms with Crippen molar-refractivity contribution in [2.45, 2.75) is 6.92 Å². The van der Waals surface area contributed by atoms with Gasteiger partial charge in [-0.15, -0.1) is 0 Å². The van der Waals surface area contributed by atoms with Gasteiger partial charge < -0.3 is 28.7 Å². The first kappa shape index (κ1) is 22.0. The lowest BCUT2D eigenvalue weighted by atomic mass is 10.1. The molecule has 0 aliphatic carbocycles. The van der Waals surface area contributed by atoms with Crippen molar-refractivity contribution in [1.82, 2.24) is 9.88 Å². The van der Waals surface area contributed by atoms with Crippen LogP contribution in [-0.4, -0.2) is 69.9 Å². The third kappa shape index (κ3) is 4.25. The van der Waals surface area contributed by atoms with E-state index in [1.54, 1.807) is 44.8 Å². The molecular formula is C23H27N3O5S. The number of hydrogen-bond acceptors (Lipinski definition) is 8. The van der Waals surface area contributed by atoms with Crippen LogP contribution in [0.25, 0.3) is 10.2 Å². The molecule has 0 atom stereocenters. The van der Waals surface area contributed by atoms with Gasteiger partial charge in [0.25, 0.3) is 5.91 Å². The molecule has 1 amide bonds. The summed E-state index contributed by atoms with van der Waals surface area (Å²) in [7, 11) is 4.63. The predicted molar refractivity (Wildman–Crippen MR) is 125 cm³/mol. The highest BCUT2D eigenvalue weighted by Crippen LogP contribution is 2.38. The Morgan fingerprint density at radius 1 is 1.00 bits per heavy atom. The second-order valence-electron chi connectivity index (χ2n) is 7.25. The number of hydrogen-bond donors (Lipinski definition) is 0. The molecule has 32 heavy (non-hydrogen) atoms. The fourth-order valence-electron chi connectivity index (χ4n) is 3.77. The van der Waals surface area contributed by atoms with Gasteiger partial charge in [0.15, 0.2) is 16.6 Å². The molecule has 0 N–H and O–H groups in total. The van der Waals surface area contributed by atoms with Crippen molar-refractivity contribution in [2.75, 3.05) is 59.0 Å². The summed E-state index contributed by atoms with van der Waals surface area (Å²) < 4.78 is 22.8. The Bertz CT molecular complexity index is 1080. The maximum absolute atomic E-state index is 13.1. The standard InChI is InChI=1S/C23H27N3O5S/c1-5-31-16-6-7-17-20(14-16)32-23(24-17)26-10-8-25(9-11-26)22(27)15-12-18(28-2)21(30-4)19(13-15)29-3/h6-7,12-14H,5,8-11H2,1-4H3. The Hall–Kier alpha value is -3.20. The fourth-order valence-corrected chi connectivity index (χ4v) is 4.82. The van der Waals surface area contributed by atoms with Crippen molar-refractivity contribution in [1.29, 1.82) is 0 Å². The number of benzene rings is 2. The monoisotopic (exact) mass is 457 g/mol. The molecule has 1 aliphatic heterocycles. The van der Waals surface area contributed by atoms with Gasteiger partial charge in [-0.3, -0.25) is 4.79 Å². The smallest absolute Gasteiger partial charge is 0.254 e. The van der Waals surface area contributed by atoms with E-state index in [0.717, 1.165) is 21.1 Å². The van der Waals surface area contributed by atoms with E-state index in [1.807, 2.05) is 30.0 Å². The quantitative estimate of drug-likeness (QED) is 0.536. The van der Waals surface area contributed by atoms with Crippen LogP contribution >= 0.6 is 11.3 Å². The Balaban J connectivity index is 1.47. The molecular weight excluding hydrogens is 430 g/mol. The van der Waals surface area contributed by atoms with Crippen LogP contribution in [0.1, 0.15) is 17.3 Å². The van der Waals surface area contributed by atoms with Crippen LogP contribution in [0.3, 0.4) is 0 Å². The summed E-state index contributed by atoms with van der Waals surface area (Å²) in [6, 6.07) is 9.36. The van der Waals surface area contributed by atoms with Crippen molar-refractivity contribution in [2.24, 2.45) is 0 Å². The second-order valence-corrected chi connectivity index (χ2v) is 8.26. The SMILES string of the molecule is CCOc1ccc2nc(N3CCN(C(=O)c4cc(OC)c(OC)c(OC)c4)CC3)sc2c1. The molecule has 1 aliphatic rings. The summed E-state index contributed by atoms with van der Waals surface area (Å²) in [5.74, 6) is 2.20. The van der Waals surface area contributed by atoms with E-state index in [0.29, 0.717) is 55.6 Å². The lowest BCUT2D eigenvalue weighted by molar-refractivity contribution is 0.0746. The van der Waals surface area contributed by atoms with Gasteiger partial charge in [-0.05, 0) is 37.3 Å². The van der Waals surface area contributed by atoms with Gasteiger partial charge in [-0.25, -0.2) is 4.98 Å². The Labute approximate surface area is 191 Å². The Kier molecular flexibility index (Phi) is 6.55. The number of carbonyl (C=O) groups excluding carboxylic acids is 1. The number of amides is 1. The number of nitrogens with zero attached hydrogens (tertiary/aromatic N) is 3. The molecule has 170 valence electrons. The number of methoxy groups -OCH3 is 3. The summed E-state index contributed by atoms with van der Waals surface area (Å²) in [4.78, 5) is 22.0. The maximum Gasteiger partial charge on any atom is 0.254 e. The second kappa shape index (κ2) is 9.52. The van der Waals surface area contributed by atoms with E-state index in [1.165, 1.54) is 0 Å². The highest BCUT2D eigenvalue weighted by Gasteiger charge is 2.26. The molecule has 0 radical (unpaired) electrons. The maximum atomic E-state index is 13.1. The molecule has 0 saturated carbocycles. The molecule has 2 heterocycles. The molecule has 4 rings (SSSR count). The van der Waals surface area contributed by atoms with E-state index in [9.17, 15) is 4.79 Å². The fraction of sp³-hybridized carbons (Fsp3) is 0.391. The number of ether oxygens (including phenoxy) is 4. The molecule has 1 fully saturated rings. The van der Waals surface area contributed by atoms with Gasteiger partial charge in [0.05, 0.1) is 38.2 Å². The molecule has 1 saturated heterocycles. The minimum atomic E-state index is -0.0606. The van der Waals surface area contributed by atoms with Crippen LogP contribution in [0.2, 0.25) is 0 Å². The largest absolute Gasteiger partial charge is 0.494 e. The van der Waals surface area contributed by atoms with Crippen LogP contribution in [-0.2, 0) is 0 Å². The average molecular weight is 458 g/mol. The third-order valence-corrected chi connectivity index (χ3v) is 6.49. The Morgan fingerprint density at radius 2 is 1.69 bits per heavy atom. The molecule has 8 nitrogen and oxygen atoms in total. The zero-order valence-corrected chi connectivity index (χ0v) is 19.5. The zero-order valence-electron chi connectivity index (χ0n) is 18.7. The molecule has 9 heteroatoms. The minimum absolute atomic E-state index is 0.0606. The lowest BCUT2D eigenvalue weighted by Crippen LogP contribution is -2.48. The number of piperazine rings is 1. The van der Waals surface area contributed by atoms with Crippen molar-refractivity contribution in [3.63, 3.8) is 0 Å². The molecule has 0 spiro atoms. The van der Waals surface area contributed by atoms with E-state index < -0.39 is 0 Å². The van der Waals surface area contributed by atoms with Crippen molar-refractivity contribution >= 4 is 32.6 Å². The summed E-state index contributed by atoms with van der Waals surface area (Å²) in [6.45, 7) is 5.26. The van der Waals surface area contributed by atoms with Gasteiger partial charge in [0.1, 0.15) is 5.75 Å². The van der Waals surface area contributed by atoms with Gasteiger partial charge in [0.2, 0.25) is 5.75 Å². The van der Waals surface area contributed by atoms with Crippen LogP contribution in [0, 0.1) is 0 Å². The number of anilines is 1. The molecule has 1 aromatic heterocycles. The number of fused-ring (bicyclic) bond motifs is 1. The topological polar surface area (TPSA) is 73.4 Å². The van der Waals surface area contributed by atoms with Gasteiger partial charge in [-0.2, -0.15) is 0 Å². The molecule has 2 aromatic carbocycles. The minimum Gasteiger partial charge on any atom is -0.494 e. The number of carbonyl (C=O) groups is 1. The average Bonchev–Trinajstić information content (AvgIpc) is 3.26. The normalized spacial score (nSPS) is 13.9. The number of thiazole rings is 1. The summed E-state index contributed by atoms with van der Waals surface area (Å²) in [5, 5.41) is 0.966. The van der Waals surface area contributed by atoms with Gasteiger partial charge >= 0.3 is 0 Å². The van der Waals surface area contributed by atoms with Crippen molar-refractivity contribution in [3.8, 4) is 23.0 Å². The first-order chi connectivity index (χ1) is 15.6. The van der Waals surface area contributed by atoms with Gasteiger partial charge in [-0.1, -0.05) is 11.3 Å². The zero-order chi connectivity index (χ0) is 22.7. The Morgan fingerprint density at radius 3 is 2.28 bits per heavy atom. The van der Waals surface area contributed by atoms with Gasteiger partial charge in [0, 0.05) is 31.7 Å². The summed E-state index contributed by atoms with van der Waals surface area (Å²) >= 11 is 1.65. The molecule has 3 aromatic rings. The first-order valence-corrected chi connectivity index (χ1v) is 11.3. The first-order valence-electron chi connectivity index (χ1n) is 10.5. The number of aromatic nitrogens is 1. The molecule has 0 bridgehead atoms. The molecule has 0 unspecified atom stereocenters. The third-order valence-electron chi connectivity index (χ3n) is 5.41. The number of rotatable bonds is 7. The highest BCUT2D eigenvalue weighted by atomic mass is 32.1. The highest BCUT2D eigenvalue weighted by molar-refractivity contribution is 7.22.